The van der Waals surface area contributed by atoms with Crippen molar-refractivity contribution in [3.05, 3.63) is 42.1 Å². The quantitative estimate of drug-likeness (QED) is 0.796. The first-order valence-corrected chi connectivity index (χ1v) is 7.01. The SMILES string of the molecule is Cn1nc(-c2ccccc2)cc1CCS(=O)(=O)F. The van der Waals surface area contributed by atoms with E-state index >= 15 is 0 Å². The van der Waals surface area contributed by atoms with Crippen LogP contribution in [0.15, 0.2) is 36.4 Å². The van der Waals surface area contributed by atoms with Crippen molar-refractivity contribution in [1.82, 2.24) is 9.78 Å². The van der Waals surface area contributed by atoms with Crippen LogP contribution in [0.5, 0.6) is 0 Å². The van der Waals surface area contributed by atoms with E-state index in [4.69, 9.17) is 0 Å². The Morgan fingerprint density at radius 2 is 1.94 bits per heavy atom. The summed E-state index contributed by atoms with van der Waals surface area (Å²) in [5.41, 5.74) is 2.39. The van der Waals surface area contributed by atoms with Crippen LogP contribution >= 0.6 is 0 Å². The molecule has 0 unspecified atom stereocenters. The molecule has 4 nitrogen and oxygen atoms in total. The van der Waals surface area contributed by atoms with Crippen molar-refractivity contribution in [2.24, 2.45) is 7.05 Å². The number of aryl methyl sites for hydroxylation is 2. The van der Waals surface area contributed by atoms with Gasteiger partial charge in [0.1, 0.15) is 0 Å². The lowest BCUT2D eigenvalue weighted by Crippen LogP contribution is -2.06. The molecule has 6 heteroatoms. The summed E-state index contributed by atoms with van der Waals surface area (Å²) in [6.45, 7) is 0. The molecule has 0 aliphatic heterocycles. The third-order valence-corrected chi connectivity index (χ3v) is 3.34. The lowest BCUT2D eigenvalue weighted by Gasteiger charge is -1.97. The van der Waals surface area contributed by atoms with Gasteiger partial charge in [0.05, 0.1) is 11.4 Å². The average Bonchev–Trinajstić information content (AvgIpc) is 2.68. The molecule has 0 fully saturated rings. The van der Waals surface area contributed by atoms with E-state index in [1.807, 2.05) is 30.3 Å². The van der Waals surface area contributed by atoms with Crippen LogP contribution in [-0.4, -0.2) is 24.0 Å². The molecule has 0 aliphatic carbocycles. The normalized spacial score (nSPS) is 11.7. The highest BCUT2D eigenvalue weighted by Gasteiger charge is 2.12. The van der Waals surface area contributed by atoms with Crippen LogP contribution in [0.2, 0.25) is 0 Å². The minimum atomic E-state index is -4.44. The predicted octanol–water partition coefficient (Wildman–Crippen LogP) is 1.93. The molecular formula is C12H13FN2O2S. The molecule has 0 spiro atoms. The third kappa shape index (κ3) is 3.16. The summed E-state index contributed by atoms with van der Waals surface area (Å²) in [7, 11) is -2.72. The minimum Gasteiger partial charge on any atom is -0.272 e. The van der Waals surface area contributed by atoms with Crippen molar-refractivity contribution in [3.8, 4) is 11.3 Å². The molecule has 0 amide bonds. The average molecular weight is 268 g/mol. The fourth-order valence-corrected chi connectivity index (χ4v) is 2.17. The van der Waals surface area contributed by atoms with Crippen LogP contribution in [0.1, 0.15) is 5.69 Å². The van der Waals surface area contributed by atoms with Gasteiger partial charge in [0, 0.05) is 24.7 Å². The molecule has 2 aromatic rings. The van der Waals surface area contributed by atoms with Gasteiger partial charge in [-0.15, -0.1) is 3.89 Å². The Hall–Kier alpha value is -1.69. The highest BCUT2D eigenvalue weighted by Crippen LogP contribution is 2.18. The van der Waals surface area contributed by atoms with Gasteiger partial charge in [-0.05, 0) is 6.07 Å². The number of nitrogens with zero attached hydrogens (tertiary/aromatic N) is 2. The van der Waals surface area contributed by atoms with Crippen LogP contribution < -0.4 is 0 Å². The first-order chi connectivity index (χ1) is 8.46. The number of aromatic nitrogens is 2. The first kappa shape index (κ1) is 12.8. The number of hydrogen-bond donors (Lipinski definition) is 0. The summed E-state index contributed by atoms with van der Waals surface area (Å²) < 4.78 is 35.0. The lowest BCUT2D eigenvalue weighted by atomic mass is 10.1. The summed E-state index contributed by atoms with van der Waals surface area (Å²) in [5.74, 6) is -0.513. The summed E-state index contributed by atoms with van der Waals surface area (Å²) in [6.07, 6.45) is 0.120. The molecule has 0 atom stereocenters. The van der Waals surface area contributed by atoms with E-state index in [1.165, 1.54) is 0 Å². The van der Waals surface area contributed by atoms with Gasteiger partial charge in [-0.25, -0.2) is 0 Å². The van der Waals surface area contributed by atoms with E-state index in [0.29, 0.717) is 5.69 Å². The van der Waals surface area contributed by atoms with Crippen LogP contribution in [0.4, 0.5) is 3.89 Å². The summed E-state index contributed by atoms with van der Waals surface area (Å²) in [5, 5.41) is 4.28. The molecule has 18 heavy (non-hydrogen) atoms. The fourth-order valence-electron chi connectivity index (χ4n) is 1.72. The van der Waals surface area contributed by atoms with Gasteiger partial charge in [-0.1, -0.05) is 30.3 Å². The largest absolute Gasteiger partial charge is 0.302 e. The van der Waals surface area contributed by atoms with Gasteiger partial charge in [-0.2, -0.15) is 13.5 Å². The van der Waals surface area contributed by atoms with Crippen molar-refractivity contribution >= 4 is 10.2 Å². The van der Waals surface area contributed by atoms with Gasteiger partial charge in [0.25, 0.3) is 0 Å². The number of hydrogen-bond acceptors (Lipinski definition) is 3. The van der Waals surface area contributed by atoms with Crippen molar-refractivity contribution in [1.29, 1.82) is 0 Å². The molecule has 0 N–H and O–H groups in total. The van der Waals surface area contributed by atoms with Gasteiger partial charge in [0.2, 0.25) is 0 Å². The molecular weight excluding hydrogens is 255 g/mol. The highest BCUT2D eigenvalue weighted by atomic mass is 32.3. The van der Waals surface area contributed by atoms with Crippen molar-refractivity contribution < 1.29 is 12.3 Å². The van der Waals surface area contributed by atoms with Crippen molar-refractivity contribution in [2.45, 2.75) is 6.42 Å². The molecule has 0 saturated heterocycles. The van der Waals surface area contributed by atoms with Gasteiger partial charge >= 0.3 is 10.2 Å². The predicted molar refractivity (Wildman–Crippen MR) is 67.2 cm³/mol. The van der Waals surface area contributed by atoms with Crippen LogP contribution in [-0.2, 0) is 23.7 Å². The second-order valence-corrected chi connectivity index (χ2v) is 5.49. The van der Waals surface area contributed by atoms with Gasteiger partial charge in [0.15, 0.2) is 0 Å². The zero-order valence-corrected chi connectivity index (χ0v) is 10.7. The monoisotopic (exact) mass is 268 g/mol. The second-order valence-electron chi connectivity index (χ2n) is 4.00. The number of halogens is 1. The Balaban J connectivity index is 2.23. The maximum absolute atomic E-state index is 12.5. The molecule has 0 saturated carbocycles. The van der Waals surface area contributed by atoms with E-state index < -0.39 is 16.0 Å². The van der Waals surface area contributed by atoms with E-state index in [1.54, 1.807) is 17.8 Å². The van der Waals surface area contributed by atoms with Crippen molar-refractivity contribution in [2.75, 3.05) is 5.75 Å². The van der Waals surface area contributed by atoms with E-state index in [9.17, 15) is 12.3 Å². The second kappa shape index (κ2) is 4.89. The Morgan fingerprint density at radius 3 is 2.56 bits per heavy atom. The molecule has 1 aromatic carbocycles. The minimum absolute atomic E-state index is 0.120. The maximum atomic E-state index is 12.5. The summed E-state index contributed by atoms with van der Waals surface area (Å²) in [6, 6.07) is 11.3. The zero-order chi connectivity index (χ0) is 13.2. The Morgan fingerprint density at radius 1 is 1.28 bits per heavy atom. The number of benzene rings is 1. The first-order valence-electron chi connectivity index (χ1n) is 5.46. The van der Waals surface area contributed by atoms with Crippen LogP contribution in [0, 0.1) is 0 Å². The fraction of sp³-hybridized carbons (Fsp3) is 0.250. The molecule has 0 aliphatic rings. The van der Waals surface area contributed by atoms with E-state index in [2.05, 4.69) is 5.10 Å². The maximum Gasteiger partial charge on any atom is 0.302 e. The Bertz CT molecular complexity index is 635. The Kier molecular flexibility index (Phi) is 3.47. The van der Waals surface area contributed by atoms with Crippen LogP contribution in [0.3, 0.4) is 0 Å². The molecule has 0 radical (unpaired) electrons. The summed E-state index contributed by atoms with van der Waals surface area (Å²) >= 11 is 0. The van der Waals surface area contributed by atoms with Gasteiger partial charge in [-0.3, -0.25) is 4.68 Å². The standard InChI is InChI=1S/C12H13FN2O2S/c1-15-11(7-8-18(13,16)17)9-12(14-15)10-5-3-2-4-6-10/h2-6,9H,7-8H2,1H3. The molecule has 2 rings (SSSR count). The lowest BCUT2D eigenvalue weighted by molar-refractivity contribution is 0.550. The zero-order valence-electron chi connectivity index (χ0n) is 9.88. The smallest absolute Gasteiger partial charge is 0.272 e. The molecule has 0 bridgehead atoms. The number of rotatable bonds is 4. The third-order valence-electron chi connectivity index (χ3n) is 2.65. The van der Waals surface area contributed by atoms with Crippen LogP contribution in [0.25, 0.3) is 11.3 Å². The van der Waals surface area contributed by atoms with E-state index in [-0.39, 0.29) is 6.42 Å². The van der Waals surface area contributed by atoms with E-state index in [0.717, 1.165) is 11.3 Å². The summed E-state index contributed by atoms with van der Waals surface area (Å²) in [4.78, 5) is 0. The molecule has 1 heterocycles. The Labute approximate surface area is 105 Å². The molecule has 96 valence electrons. The van der Waals surface area contributed by atoms with Crippen molar-refractivity contribution in [3.63, 3.8) is 0 Å². The van der Waals surface area contributed by atoms with Gasteiger partial charge < -0.3 is 0 Å². The topological polar surface area (TPSA) is 52.0 Å². The molecule has 1 aromatic heterocycles. The highest BCUT2D eigenvalue weighted by molar-refractivity contribution is 7.86.